The predicted octanol–water partition coefficient (Wildman–Crippen LogP) is 1.87. The number of hydrogen-bond donors (Lipinski definition) is 2. The number of methoxy groups -OCH3 is 1. The van der Waals surface area contributed by atoms with Gasteiger partial charge in [0.05, 0.1) is 19.8 Å². The van der Waals surface area contributed by atoms with Crippen molar-refractivity contribution in [2.45, 2.75) is 32.9 Å². The molecule has 0 heterocycles. The average molecular weight is 303 g/mol. The fourth-order valence-electron chi connectivity index (χ4n) is 1.50. The van der Waals surface area contributed by atoms with Gasteiger partial charge in [0.15, 0.2) is 11.5 Å². The summed E-state index contributed by atoms with van der Waals surface area (Å²) in [6.07, 6.45) is 0.940. The summed E-state index contributed by atoms with van der Waals surface area (Å²) in [5, 5.41) is 2.75. The van der Waals surface area contributed by atoms with E-state index < -0.39 is 6.04 Å². The fourth-order valence-corrected chi connectivity index (χ4v) is 1.50. The molecule has 3 N–H and O–H groups in total. The Morgan fingerprint density at radius 3 is 2.65 bits per heavy atom. The second-order valence-corrected chi connectivity index (χ2v) is 4.34. The Morgan fingerprint density at radius 2 is 2.10 bits per heavy atom. The van der Waals surface area contributed by atoms with E-state index in [-0.39, 0.29) is 18.3 Å². The minimum absolute atomic E-state index is 0. The van der Waals surface area contributed by atoms with Crippen molar-refractivity contribution >= 4 is 18.3 Å². The normalized spacial score (nSPS) is 11.2. The first-order valence-electron chi connectivity index (χ1n) is 6.41. The van der Waals surface area contributed by atoms with Gasteiger partial charge in [0, 0.05) is 6.54 Å². The van der Waals surface area contributed by atoms with E-state index in [9.17, 15) is 4.79 Å². The minimum Gasteiger partial charge on any atom is -0.493 e. The second kappa shape index (κ2) is 9.44. The molecule has 1 aromatic carbocycles. The van der Waals surface area contributed by atoms with E-state index in [1.54, 1.807) is 14.0 Å². The molecule has 0 spiro atoms. The zero-order valence-corrected chi connectivity index (χ0v) is 13.0. The Bertz CT molecular complexity index is 425. The third kappa shape index (κ3) is 5.67. The lowest BCUT2D eigenvalue weighted by Gasteiger charge is -2.12. The Balaban J connectivity index is 0.00000361. The van der Waals surface area contributed by atoms with Gasteiger partial charge in [-0.15, -0.1) is 12.4 Å². The highest BCUT2D eigenvalue weighted by molar-refractivity contribution is 5.85. The number of carbonyl (C=O) groups is 1. The quantitative estimate of drug-likeness (QED) is 0.806. The topological polar surface area (TPSA) is 73.6 Å². The van der Waals surface area contributed by atoms with Crippen LogP contribution in [0.5, 0.6) is 11.5 Å². The summed E-state index contributed by atoms with van der Waals surface area (Å²) in [4.78, 5) is 11.4. The molecule has 0 aromatic heterocycles. The first-order chi connectivity index (χ1) is 9.08. The number of halogens is 1. The van der Waals surface area contributed by atoms with Crippen molar-refractivity contribution in [1.29, 1.82) is 0 Å². The molecule has 114 valence electrons. The predicted molar refractivity (Wildman–Crippen MR) is 81.5 cm³/mol. The number of amides is 1. The molecule has 0 aliphatic carbocycles. The molecule has 0 radical (unpaired) electrons. The van der Waals surface area contributed by atoms with Gasteiger partial charge in [0.1, 0.15) is 0 Å². The van der Waals surface area contributed by atoms with Gasteiger partial charge in [-0.25, -0.2) is 0 Å². The van der Waals surface area contributed by atoms with E-state index in [1.165, 1.54) is 0 Å². The zero-order chi connectivity index (χ0) is 14.3. The lowest BCUT2D eigenvalue weighted by atomic mass is 10.2. The summed E-state index contributed by atoms with van der Waals surface area (Å²) < 4.78 is 10.8. The molecule has 0 saturated heterocycles. The fraction of sp³-hybridized carbons (Fsp3) is 0.500. The van der Waals surface area contributed by atoms with Crippen molar-refractivity contribution in [1.82, 2.24) is 5.32 Å². The number of ether oxygens (including phenoxy) is 2. The van der Waals surface area contributed by atoms with Gasteiger partial charge in [0.2, 0.25) is 5.91 Å². The van der Waals surface area contributed by atoms with Crippen molar-refractivity contribution < 1.29 is 14.3 Å². The van der Waals surface area contributed by atoms with Crippen LogP contribution >= 0.6 is 12.4 Å². The van der Waals surface area contributed by atoms with E-state index in [2.05, 4.69) is 5.32 Å². The third-order valence-corrected chi connectivity index (χ3v) is 2.57. The van der Waals surface area contributed by atoms with E-state index in [1.807, 2.05) is 25.1 Å². The van der Waals surface area contributed by atoms with Crippen LogP contribution in [-0.4, -0.2) is 25.7 Å². The Kier molecular flexibility index (Phi) is 8.76. The summed E-state index contributed by atoms with van der Waals surface area (Å²) in [5.41, 5.74) is 6.42. The Hall–Kier alpha value is -1.46. The molecule has 0 unspecified atom stereocenters. The largest absolute Gasteiger partial charge is 0.493 e. The second-order valence-electron chi connectivity index (χ2n) is 4.34. The van der Waals surface area contributed by atoms with Gasteiger partial charge < -0.3 is 20.5 Å². The highest BCUT2D eigenvalue weighted by Gasteiger charge is 2.09. The summed E-state index contributed by atoms with van der Waals surface area (Å²) in [7, 11) is 1.60. The first kappa shape index (κ1) is 18.5. The van der Waals surface area contributed by atoms with Gasteiger partial charge in [-0.05, 0) is 31.0 Å². The molecule has 20 heavy (non-hydrogen) atoms. The van der Waals surface area contributed by atoms with Crippen LogP contribution in [0, 0.1) is 0 Å². The molecule has 1 atom stereocenters. The summed E-state index contributed by atoms with van der Waals surface area (Å²) >= 11 is 0. The molecule has 0 bridgehead atoms. The maximum Gasteiger partial charge on any atom is 0.236 e. The van der Waals surface area contributed by atoms with Crippen LogP contribution in [0.4, 0.5) is 0 Å². The summed E-state index contributed by atoms with van der Waals surface area (Å²) in [6.45, 7) is 4.77. The highest BCUT2D eigenvalue weighted by Crippen LogP contribution is 2.28. The highest BCUT2D eigenvalue weighted by atomic mass is 35.5. The average Bonchev–Trinajstić information content (AvgIpc) is 2.42. The van der Waals surface area contributed by atoms with E-state index >= 15 is 0 Å². The van der Waals surface area contributed by atoms with Gasteiger partial charge in [0.25, 0.3) is 0 Å². The van der Waals surface area contributed by atoms with Gasteiger partial charge >= 0.3 is 0 Å². The maximum absolute atomic E-state index is 11.4. The molecular weight excluding hydrogens is 280 g/mol. The molecule has 5 nitrogen and oxygen atoms in total. The molecule has 1 rings (SSSR count). The van der Waals surface area contributed by atoms with Crippen LogP contribution in [-0.2, 0) is 11.3 Å². The minimum atomic E-state index is -0.506. The van der Waals surface area contributed by atoms with E-state index in [4.69, 9.17) is 15.2 Å². The van der Waals surface area contributed by atoms with Gasteiger partial charge in [-0.1, -0.05) is 13.0 Å². The lowest BCUT2D eigenvalue weighted by molar-refractivity contribution is -0.122. The number of benzene rings is 1. The third-order valence-electron chi connectivity index (χ3n) is 2.57. The number of carbonyl (C=O) groups excluding carboxylic acids is 1. The molecular formula is C14H23ClN2O3. The number of hydrogen-bond acceptors (Lipinski definition) is 4. The van der Waals surface area contributed by atoms with Crippen LogP contribution in [0.1, 0.15) is 25.8 Å². The standard InChI is InChI=1S/C14H22N2O3.ClH/c1-4-7-19-12-6-5-11(8-13(12)18-3)9-16-14(17)10(2)15;/h5-6,8,10H,4,7,9,15H2,1-3H3,(H,16,17);1H/t10-;/m1./s1. The molecule has 6 heteroatoms. The van der Waals surface area contributed by atoms with Crippen LogP contribution < -0.4 is 20.5 Å². The van der Waals surface area contributed by atoms with Crippen molar-refractivity contribution in [2.75, 3.05) is 13.7 Å². The van der Waals surface area contributed by atoms with Crippen molar-refractivity contribution in [3.05, 3.63) is 23.8 Å². The molecule has 1 amide bonds. The molecule has 0 fully saturated rings. The summed E-state index contributed by atoms with van der Waals surface area (Å²) in [5.74, 6) is 1.21. The Labute approximate surface area is 126 Å². The van der Waals surface area contributed by atoms with Crippen LogP contribution in [0.15, 0.2) is 18.2 Å². The zero-order valence-electron chi connectivity index (χ0n) is 12.1. The number of rotatable bonds is 7. The molecule has 0 aliphatic rings. The number of nitrogens with one attached hydrogen (secondary N) is 1. The van der Waals surface area contributed by atoms with E-state index in [0.717, 1.165) is 12.0 Å². The SMILES string of the molecule is CCCOc1ccc(CNC(=O)[C@@H](C)N)cc1OC.Cl. The van der Waals surface area contributed by atoms with Crippen molar-refractivity contribution in [3.8, 4) is 11.5 Å². The lowest BCUT2D eigenvalue weighted by Crippen LogP contribution is -2.37. The smallest absolute Gasteiger partial charge is 0.236 e. The first-order valence-corrected chi connectivity index (χ1v) is 6.41. The monoisotopic (exact) mass is 302 g/mol. The molecule has 0 aliphatic heterocycles. The maximum atomic E-state index is 11.4. The molecule has 1 aromatic rings. The van der Waals surface area contributed by atoms with E-state index in [0.29, 0.717) is 24.7 Å². The van der Waals surface area contributed by atoms with Crippen LogP contribution in [0.3, 0.4) is 0 Å². The van der Waals surface area contributed by atoms with Gasteiger partial charge in [-0.3, -0.25) is 4.79 Å². The van der Waals surface area contributed by atoms with Crippen LogP contribution in [0.25, 0.3) is 0 Å². The molecule has 0 saturated carbocycles. The van der Waals surface area contributed by atoms with Gasteiger partial charge in [-0.2, -0.15) is 0 Å². The Morgan fingerprint density at radius 1 is 1.40 bits per heavy atom. The summed E-state index contributed by atoms with van der Waals surface area (Å²) in [6, 6.07) is 5.09. The van der Waals surface area contributed by atoms with Crippen molar-refractivity contribution in [3.63, 3.8) is 0 Å². The number of nitrogens with two attached hydrogens (primary N) is 1. The van der Waals surface area contributed by atoms with Crippen LogP contribution in [0.2, 0.25) is 0 Å². The van der Waals surface area contributed by atoms with Crippen molar-refractivity contribution in [2.24, 2.45) is 5.73 Å².